The molecule has 24 heavy (non-hydrogen) atoms. The van der Waals surface area contributed by atoms with Gasteiger partial charge in [-0.05, 0) is 50.2 Å². The first-order chi connectivity index (χ1) is 11.7. The van der Waals surface area contributed by atoms with Gasteiger partial charge in [-0.1, -0.05) is 31.0 Å². The lowest BCUT2D eigenvalue weighted by atomic mass is 9.93. The Kier molecular flexibility index (Phi) is 5.89. The number of hydrogen-bond acceptors (Lipinski definition) is 2. The second-order valence-corrected chi connectivity index (χ2v) is 7.16. The van der Waals surface area contributed by atoms with Crippen molar-refractivity contribution in [1.29, 1.82) is 0 Å². The Balaban J connectivity index is 1.36. The maximum Gasteiger partial charge on any atom is 0.253 e. The average molecular weight is 328 g/mol. The zero-order valence-electron chi connectivity index (χ0n) is 14.4. The molecule has 1 saturated heterocycles. The molecular weight excluding hydrogens is 300 g/mol. The molecular formula is C20H28N2O2. The summed E-state index contributed by atoms with van der Waals surface area (Å²) in [7, 11) is 0. The van der Waals surface area contributed by atoms with Crippen LogP contribution in [-0.4, -0.2) is 36.3 Å². The minimum atomic E-state index is 0.142. The molecule has 4 heteroatoms. The zero-order chi connectivity index (χ0) is 16.8. The van der Waals surface area contributed by atoms with E-state index in [1.807, 2.05) is 35.2 Å². The van der Waals surface area contributed by atoms with Gasteiger partial charge in [0.15, 0.2) is 0 Å². The second kappa shape index (κ2) is 8.32. The smallest absolute Gasteiger partial charge is 0.253 e. The molecule has 1 N–H and O–H groups in total. The van der Waals surface area contributed by atoms with Crippen LogP contribution in [-0.2, 0) is 4.79 Å². The fourth-order valence-corrected chi connectivity index (χ4v) is 3.92. The van der Waals surface area contributed by atoms with Crippen molar-refractivity contribution in [2.75, 3.05) is 19.6 Å². The molecule has 1 aliphatic heterocycles. The maximum atomic E-state index is 12.4. The van der Waals surface area contributed by atoms with Crippen molar-refractivity contribution in [3.05, 3.63) is 35.9 Å². The first-order valence-corrected chi connectivity index (χ1v) is 9.36. The van der Waals surface area contributed by atoms with Gasteiger partial charge in [0, 0.05) is 31.1 Å². The minimum absolute atomic E-state index is 0.142. The van der Waals surface area contributed by atoms with Gasteiger partial charge in [-0.3, -0.25) is 9.59 Å². The number of nitrogens with zero attached hydrogens (tertiary/aromatic N) is 1. The van der Waals surface area contributed by atoms with Crippen LogP contribution in [0.15, 0.2) is 30.3 Å². The molecule has 0 spiro atoms. The molecule has 0 radical (unpaired) electrons. The normalized spacial score (nSPS) is 19.4. The highest BCUT2D eigenvalue weighted by Crippen LogP contribution is 2.25. The topological polar surface area (TPSA) is 49.4 Å². The standard InChI is InChI=1S/C20H28N2O2/c23-19(17-6-4-5-7-17)21-13-10-16-11-14-22(15-12-16)20(24)18-8-2-1-3-9-18/h1-3,8-9,16-17H,4-7,10-15H2,(H,21,23). The first kappa shape index (κ1) is 17.0. The van der Waals surface area contributed by atoms with Crippen molar-refractivity contribution >= 4 is 11.8 Å². The third-order valence-electron chi connectivity index (χ3n) is 5.50. The zero-order valence-corrected chi connectivity index (χ0v) is 14.4. The van der Waals surface area contributed by atoms with Gasteiger partial charge in [0.2, 0.25) is 5.91 Å². The third kappa shape index (κ3) is 4.37. The van der Waals surface area contributed by atoms with E-state index in [1.165, 1.54) is 12.8 Å². The lowest BCUT2D eigenvalue weighted by molar-refractivity contribution is -0.124. The van der Waals surface area contributed by atoms with E-state index in [4.69, 9.17) is 0 Å². The van der Waals surface area contributed by atoms with Crippen molar-refractivity contribution in [3.63, 3.8) is 0 Å². The summed E-state index contributed by atoms with van der Waals surface area (Å²) in [5.41, 5.74) is 0.778. The maximum absolute atomic E-state index is 12.4. The van der Waals surface area contributed by atoms with E-state index in [9.17, 15) is 9.59 Å². The highest BCUT2D eigenvalue weighted by atomic mass is 16.2. The average Bonchev–Trinajstić information content (AvgIpc) is 3.17. The first-order valence-electron chi connectivity index (χ1n) is 9.36. The number of hydrogen-bond donors (Lipinski definition) is 1. The summed E-state index contributed by atoms with van der Waals surface area (Å²) in [6.07, 6.45) is 7.64. The van der Waals surface area contributed by atoms with E-state index in [0.29, 0.717) is 5.92 Å². The van der Waals surface area contributed by atoms with Crippen LogP contribution in [0.3, 0.4) is 0 Å². The van der Waals surface area contributed by atoms with E-state index >= 15 is 0 Å². The van der Waals surface area contributed by atoms with Gasteiger partial charge < -0.3 is 10.2 Å². The number of likely N-dealkylation sites (tertiary alicyclic amines) is 1. The second-order valence-electron chi connectivity index (χ2n) is 7.16. The third-order valence-corrected chi connectivity index (χ3v) is 5.50. The summed E-state index contributed by atoms with van der Waals surface area (Å²) in [6, 6.07) is 9.52. The molecule has 1 saturated carbocycles. The lowest BCUT2D eigenvalue weighted by Gasteiger charge is -2.32. The van der Waals surface area contributed by atoms with E-state index in [2.05, 4.69) is 5.32 Å². The van der Waals surface area contributed by atoms with Crippen LogP contribution < -0.4 is 5.32 Å². The Morgan fingerprint density at radius 2 is 1.67 bits per heavy atom. The van der Waals surface area contributed by atoms with Crippen LogP contribution >= 0.6 is 0 Å². The number of benzene rings is 1. The summed E-state index contributed by atoms with van der Waals surface area (Å²) < 4.78 is 0. The van der Waals surface area contributed by atoms with Gasteiger partial charge >= 0.3 is 0 Å². The Labute approximate surface area is 144 Å². The predicted molar refractivity (Wildman–Crippen MR) is 94.7 cm³/mol. The molecule has 1 aliphatic carbocycles. The van der Waals surface area contributed by atoms with Crippen LogP contribution in [0.25, 0.3) is 0 Å². The monoisotopic (exact) mass is 328 g/mol. The van der Waals surface area contributed by atoms with Gasteiger partial charge in [0.25, 0.3) is 5.91 Å². The fraction of sp³-hybridized carbons (Fsp3) is 0.600. The molecule has 1 aromatic rings. The molecule has 0 bridgehead atoms. The molecule has 0 atom stereocenters. The van der Waals surface area contributed by atoms with Crippen LogP contribution in [0.1, 0.15) is 55.3 Å². The molecule has 1 heterocycles. The van der Waals surface area contributed by atoms with Gasteiger partial charge in [0.05, 0.1) is 0 Å². The molecule has 3 rings (SSSR count). The van der Waals surface area contributed by atoms with Gasteiger partial charge in [0.1, 0.15) is 0 Å². The number of nitrogens with one attached hydrogen (secondary N) is 1. The highest BCUT2D eigenvalue weighted by Gasteiger charge is 2.25. The number of amides is 2. The summed E-state index contributed by atoms with van der Waals surface area (Å²) >= 11 is 0. The highest BCUT2D eigenvalue weighted by molar-refractivity contribution is 5.94. The van der Waals surface area contributed by atoms with Crippen LogP contribution in [0.4, 0.5) is 0 Å². The predicted octanol–water partition coefficient (Wildman–Crippen LogP) is 3.24. The summed E-state index contributed by atoms with van der Waals surface area (Å²) in [5, 5.41) is 3.11. The van der Waals surface area contributed by atoms with Gasteiger partial charge in [-0.2, -0.15) is 0 Å². The number of rotatable bonds is 5. The van der Waals surface area contributed by atoms with Gasteiger partial charge in [-0.25, -0.2) is 0 Å². The van der Waals surface area contributed by atoms with E-state index in [-0.39, 0.29) is 17.7 Å². The van der Waals surface area contributed by atoms with E-state index < -0.39 is 0 Å². The largest absolute Gasteiger partial charge is 0.356 e. The number of piperidine rings is 1. The van der Waals surface area contributed by atoms with Gasteiger partial charge in [-0.15, -0.1) is 0 Å². The minimum Gasteiger partial charge on any atom is -0.356 e. The summed E-state index contributed by atoms with van der Waals surface area (Å²) in [4.78, 5) is 26.4. The molecule has 2 amide bonds. The van der Waals surface area contributed by atoms with Crippen molar-refractivity contribution < 1.29 is 9.59 Å². The van der Waals surface area contributed by atoms with Crippen LogP contribution in [0.2, 0.25) is 0 Å². The Morgan fingerprint density at radius 1 is 1.00 bits per heavy atom. The molecule has 0 aromatic heterocycles. The quantitative estimate of drug-likeness (QED) is 0.902. The van der Waals surface area contributed by atoms with E-state index in [0.717, 1.165) is 57.3 Å². The SMILES string of the molecule is O=C(NCCC1CCN(C(=O)c2ccccc2)CC1)C1CCCC1. The number of carbonyl (C=O) groups is 2. The van der Waals surface area contributed by atoms with Crippen molar-refractivity contribution in [1.82, 2.24) is 10.2 Å². The summed E-state index contributed by atoms with van der Waals surface area (Å²) in [5.74, 6) is 1.27. The fourth-order valence-electron chi connectivity index (χ4n) is 3.92. The molecule has 130 valence electrons. The van der Waals surface area contributed by atoms with Crippen molar-refractivity contribution in [2.45, 2.75) is 44.9 Å². The molecule has 2 aliphatic rings. The molecule has 4 nitrogen and oxygen atoms in total. The van der Waals surface area contributed by atoms with Crippen molar-refractivity contribution in [2.24, 2.45) is 11.8 Å². The van der Waals surface area contributed by atoms with Crippen LogP contribution in [0.5, 0.6) is 0 Å². The lowest BCUT2D eigenvalue weighted by Crippen LogP contribution is -2.39. The van der Waals surface area contributed by atoms with Crippen molar-refractivity contribution in [3.8, 4) is 0 Å². The Bertz CT molecular complexity index is 544. The Morgan fingerprint density at radius 3 is 2.33 bits per heavy atom. The molecule has 2 fully saturated rings. The van der Waals surface area contributed by atoms with E-state index in [1.54, 1.807) is 0 Å². The Hall–Kier alpha value is -1.84. The van der Waals surface area contributed by atoms with Crippen LogP contribution in [0, 0.1) is 11.8 Å². The summed E-state index contributed by atoms with van der Waals surface area (Å²) in [6.45, 7) is 2.44. The number of carbonyl (C=O) groups excluding carboxylic acids is 2. The molecule has 0 unspecified atom stereocenters. The molecule has 1 aromatic carbocycles.